The lowest BCUT2D eigenvalue weighted by Gasteiger charge is -2.03. The van der Waals surface area contributed by atoms with Crippen LogP contribution >= 0.6 is 0 Å². The number of rotatable bonds is 2. The van der Waals surface area contributed by atoms with E-state index in [0.717, 1.165) is 0 Å². The van der Waals surface area contributed by atoms with Crippen molar-refractivity contribution in [1.29, 1.82) is 0 Å². The summed E-state index contributed by atoms with van der Waals surface area (Å²) in [6.45, 7) is 3.46. The summed E-state index contributed by atoms with van der Waals surface area (Å²) in [7, 11) is 1.64. The molecule has 0 saturated heterocycles. The summed E-state index contributed by atoms with van der Waals surface area (Å²) in [6.07, 6.45) is 2.93. The van der Waals surface area contributed by atoms with E-state index in [1.165, 1.54) is 23.0 Å². The molecular weight excluding hydrogens is 142 g/mol. The Morgan fingerprint density at radius 2 is 2.55 bits per heavy atom. The molecule has 1 N–H and O–H groups in total. The highest BCUT2D eigenvalue weighted by Crippen LogP contribution is 1.93. The van der Waals surface area contributed by atoms with Gasteiger partial charge in [-0.3, -0.25) is 9.36 Å². The quantitative estimate of drug-likeness (QED) is 0.662. The molecule has 1 rings (SSSR count). The normalized spacial score (nSPS) is 9.18. The van der Waals surface area contributed by atoms with E-state index >= 15 is 0 Å². The highest BCUT2D eigenvalue weighted by atomic mass is 16.1. The topological polar surface area (TPSA) is 46.9 Å². The third-order valence-electron chi connectivity index (χ3n) is 1.29. The Kier molecular flexibility index (Phi) is 2.06. The zero-order chi connectivity index (χ0) is 8.27. The van der Waals surface area contributed by atoms with Gasteiger partial charge >= 0.3 is 0 Å². The van der Waals surface area contributed by atoms with E-state index in [2.05, 4.69) is 16.9 Å². The van der Waals surface area contributed by atoms with Crippen LogP contribution in [0, 0.1) is 0 Å². The van der Waals surface area contributed by atoms with Crippen LogP contribution in [0.5, 0.6) is 0 Å². The minimum atomic E-state index is -0.0932. The van der Waals surface area contributed by atoms with Crippen LogP contribution in [-0.4, -0.2) is 9.55 Å². The van der Waals surface area contributed by atoms with E-state index in [0.29, 0.717) is 5.95 Å². The number of nitrogens with one attached hydrogen (secondary N) is 1. The summed E-state index contributed by atoms with van der Waals surface area (Å²) >= 11 is 0. The summed E-state index contributed by atoms with van der Waals surface area (Å²) < 4.78 is 1.40. The molecule has 0 saturated carbocycles. The van der Waals surface area contributed by atoms with E-state index in [-0.39, 0.29) is 5.56 Å². The van der Waals surface area contributed by atoms with Gasteiger partial charge in [-0.2, -0.15) is 0 Å². The standard InChI is InChI=1S/C7H9N3O/c1-3-8-7-9-5-4-6(11)10(7)2/h3-5H,1H2,2H3,(H,8,9). The molecule has 58 valence electrons. The van der Waals surface area contributed by atoms with Gasteiger partial charge in [-0.05, 0) is 6.20 Å². The summed E-state index contributed by atoms with van der Waals surface area (Å²) in [4.78, 5) is 14.9. The zero-order valence-corrected chi connectivity index (χ0v) is 6.24. The van der Waals surface area contributed by atoms with Gasteiger partial charge in [0, 0.05) is 19.3 Å². The lowest BCUT2D eigenvalue weighted by atomic mass is 10.6. The first-order valence-corrected chi connectivity index (χ1v) is 3.15. The predicted octanol–water partition coefficient (Wildman–Crippen LogP) is 0.336. The van der Waals surface area contributed by atoms with Gasteiger partial charge in [-0.15, -0.1) is 0 Å². The molecule has 0 fully saturated rings. The molecule has 0 amide bonds. The summed E-state index contributed by atoms with van der Waals surface area (Å²) in [5.74, 6) is 0.493. The molecule has 1 aromatic rings. The van der Waals surface area contributed by atoms with Crippen molar-refractivity contribution in [2.24, 2.45) is 7.05 Å². The van der Waals surface area contributed by atoms with Crippen molar-refractivity contribution >= 4 is 5.95 Å². The van der Waals surface area contributed by atoms with Crippen LogP contribution in [0.2, 0.25) is 0 Å². The minimum Gasteiger partial charge on any atom is -0.333 e. The third-order valence-corrected chi connectivity index (χ3v) is 1.29. The van der Waals surface area contributed by atoms with Crippen molar-refractivity contribution < 1.29 is 0 Å². The molecule has 0 spiro atoms. The van der Waals surface area contributed by atoms with Crippen molar-refractivity contribution in [1.82, 2.24) is 9.55 Å². The highest BCUT2D eigenvalue weighted by molar-refractivity contribution is 5.27. The third kappa shape index (κ3) is 1.46. The Morgan fingerprint density at radius 3 is 3.18 bits per heavy atom. The number of hydrogen-bond acceptors (Lipinski definition) is 3. The molecule has 0 radical (unpaired) electrons. The first-order valence-electron chi connectivity index (χ1n) is 3.15. The van der Waals surface area contributed by atoms with Gasteiger partial charge < -0.3 is 5.32 Å². The van der Waals surface area contributed by atoms with Crippen LogP contribution in [0.3, 0.4) is 0 Å². The summed E-state index contributed by atoms with van der Waals surface area (Å²) in [5, 5.41) is 2.73. The molecule has 0 unspecified atom stereocenters. The van der Waals surface area contributed by atoms with Crippen molar-refractivity contribution in [3.8, 4) is 0 Å². The molecule has 1 aromatic heterocycles. The van der Waals surface area contributed by atoms with Crippen LogP contribution in [0.25, 0.3) is 0 Å². The fourth-order valence-electron chi connectivity index (χ4n) is 0.700. The van der Waals surface area contributed by atoms with Crippen molar-refractivity contribution in [3.05, 3.63) is 35.4 Å². The Labute approximate surface area is 64.2 Å². The second kappa shape index (κ2) is 3.01. The van der Waals surface area contributed by atoms with Gasteiger partial charge in [0.05, 0.1) is 0 Å². The Balaban J connectivity index is 3.16. The minimum absolute atomic E-state index is 0.0932. The maximum Gasteiger partial charge on any atom is 0.254 e. The molecule has 0 atom stereocenters. The second-order valence-corrected chi connectivity index (χ2v) is 2.01. The monoisotopic (exact) mass is 151 g/mol. The van der Waals surface area contributed by atoms with Gasteiger partial charge in [0.15, 0.2) is 0 Å². The molecule has 11 heavy (non-hydrogen) atoms. The SMILES string of the molecule is C=CNc1nccc(=O)n1C. The average Bonchev–Trinajstić information content (AvgIpc) is 1.99. The number of nitrogens with zero attached hydrogens (tertiary/aromatic N) is 2. The van der Waals surface area contributed by atoms with Gasteiger partial charge in [-0.25, -0.2) is 4.98 Å². The molecule has 0 bridgehead atoms. The van der Waals surface area contributed by atoms with Crippen LogP contribution in [-0.2, 0) is 7.05 Å². The predicted molar refractivity (Wildman–Crippen MR) is 43.3 cm³/mol. The molecule has 4 nitrogen and oxygen atoms in total. The van der Waals surface area contributed by atoms with E-state index in [9.17, 15) is 4.79 Å². The second-order valence-electron chi connectivity index (χ2n) is 2.01. The van der Waals surface area contributed by atoms with Gasteiger partial charge in [0.2, 0.25) is 5.95 Å². The highest BCUT2D eigenvalue weighted by Gasteiger charge is 1.95. The van der Waals surface area contributed by atoms with Crippen LogP contribution in [0.4, 0.5) is 5.95 Å². The largest absolute Gasteiger partial charge is 0.333 e. The van der Waals surface area contributed by atoms with Crippen LogP contribution in [0.1, 0.15) is 0 Å². The summed E-state index contributed by atoms with van der Waals surface area (Å²) in [5.41, 5.74) is -0.0932. The summed E-state index contributed by atoms with van der Waals surface area (Å²) in [6, 6.07) is 1.40. The van der Waals surface area contributed by atoms with E-state index in [4.69, 9.17) is 0 Å². The molecular formula is C7H9N3O. The average molecular weight is 151 g/mol. The van der Waals surface area contributed by atoms with Crippen molar-refractivity contribution in [2.75, 3.05) is 5.32 Å². The van der Waals surface area contributed by atoms with Gasteiger partial charge in [-0.1, -0.05) is 6.58 Å². The molecule has 0 aliphatic rings. The fourth-order valence-corrected chi connectivity index (χ4v) is 0.700. The van der Waals surface area contributed by atoms with Gasteiger partial charge in [0.1, 0.15) is 0 Å². The Morgan fingerprint density at radius 1 is 1.82 bits per heavy atom. The number of anilines is 1. The first-order chi connectivity index (χ1) is 5.25. The van der Waals surface area contributed by atoms with Crippen molar-refractivity contribution in [3.63, 3.8) is 0 Å². The lowest BCUT2D eigenvalue weighted by Crippen LogP contribution is -2.18. The van der Waals surface area contributed by atoms with E-state index in [1.54, 1.807) is 7.05 Å². The molecule has 4 heteroatoms. The number of aromatic nitrogens is 2. The van der Waals surface area contributed by atoms with Crippen LogP contribution < -0.4 is 10.9 Å². The maximum atomic E-state index is 11.0. The smallest absolute Gasteiger partial charge is 0.254 e. The number of hydrogen-bond donors (Lipinski definition) is 1. The Hall–Kier alpha value is -1.58. The molecule has 0 aliphatic heterocycles. The van der Waals surface area contributed by atoms with Crippen LogP contribution in [0.15, 0.2) is 29.8 Å². The van der Waals surface area contributed by atoms with E-state index < -0.39 is 0 Å². The van der Waals surface area contributed by atoms with Crippen molar-refractivity contribution in [2.45, 2.75) is 0 Å². The van der Waals surface area contributed by atoms with Gasteiger partial charge in [0.25, 0.3) is 5.56 Å². The van der Waals surface area contributed by atoms with E-state index in [1.807, 2.05) is 0 Å². The molecule has 0 aliphatic carbocycles. The fraction of sp³-hybridized carbons (Fsp3) is 0.143. The lowest BCUT2D eigenvalue weighted by molar-refractivity contribution is 0.838. The zero-order valence-electron chi connectivity index (χ0n) is 6.24. The first kappa shape index (κ1) is 7.53. The Bertz CT molecular complexity index is 316. The molecule has 1 heterocycles. The molecule has 0 aromatic carbocycles. The maximum absolute atomic E-state index is 11.0.